The van der Waals surface area contributed by atoms with Crippen LogP contribution in [0, 0.1) is 11.7 Å². The Kier molecular flexibility index (Phi) is 4.91. The Bertz CT molecular complexity index is 428. The van der Waals surface area contributed by atoms with Gasteiger partial charge in [0.25, 0.3) is 0 Å². The maximum atomic E-state index is 13.0. The van der Waals surface area contributed by atoms with Crippen molar-refractivity contribution in [2.24, 2.45) is 5.92 Å². The highest BCUT2D eigenvalue weighted by atomic mass is 19.1. The van der Waals surface area contributed by atoms with Crippen LogP contribution in [0.5, 0.6) is 0 Å². The van der Waals surface area contributed by atoms with Gasteiger partial charge in [-0.3, -0.25) is 4.79 Å². The van der Waals surface area contributed by atoms with Gasteiger partial charge in [0, 0.05) is 12.6 Å². The van der Waals surface area contributed by atoms with E-state index in [9.17, 15) is 9.18 Å². The van der Waals surface area contributed by atoms with E-state index in [-0.39, 0.29) is 30.8 Å². The summed E-state index contributed by atoms with van der Waals surface area (Å²) in [7, 11) is 0. The molecule has 0 aromatic heterocycles. The Labute approximate surface area is 112 Å². The molecule has 4 heteroatoms. The normalized spacial score (nSPS) is 23.1. The number of rotatable bonds is 4. The predicted molar refractivity (Wildman–Crippen MR) is 71.1 cm³/mol. The summed E-state index contributed by atoms with van der Waals surface area (Å²) in [6.07, 6.45) is 3.97. The van der Waals surface area contributed by atoms with E-state index in [0.29, 0.717) is 11.5 Å². The van der Waals surface area contributed by atoms with Crippen molar-refractivity contribution in [1.82, 2.24) is 5.32 Å². The Morgan fingerprint density at radius 3 is 2.68 bits per heavy atom. The second-order valence-corrected chi connectivity index (χ2v) is 5.27. The number of carbonyl (C=O) groups is 1. The van der Waals surface area contributed by atoms with Gasteiger partial charge in [-0.1, -0.05) is 12.1 Å². The van der Waals surface area contributed by atoms with E-state index in [1.165, 1.54) is 12.1 Å². The lowest BCUT2D eigenvalue weighted by atomic mass is 9.86. The van der Waals surface area contributed by atoms with E-state index in [4.69, 9.17) is 5.11 Å². The summed E-state index contributed by atoms with van der Waals surface area (Å²) >= 11 is 0. The molecule has 0 heterocycles. The van der Waals surface area contributed by atoms with Gasteiger partial charge in [0.15, 0.2) is 0 Å². The van der Waals surface area contributed by atoms with Crippen LogP contribution in [-0.4, -0.2) is 23.7 Å². The van der Waals surface area contributed by atoms with Gasteiger partial charge in [-0.05, 0) is 49.3 Å². The molecule has 1 saturated carbocycles. The van der Waals surface area contributed by atoms with Gasteiger partial charge in [0.2, 0.25) is 5.91 Å². The number of hydrogen-bond acceptors (Lipinski definition) is 2. The van der Waals surface area contributed by atoms with Crippen LogP contribution in [-0.2, 0) is 11.2 Å². The Balaban J connectivity index is 1.79. The number of halogens is 1. The van der Waals surface area contributed by atoms with Gasteiger partial charge < -0.3 is 10.4 Å². The van der Waals surface area contributed by atoms with Gasteiger partial charge in [-0.25, -0.2) is 4.39 Å². The lowest BCUT2D eigenvalue weighted by molar-refractivity contribution is -0.121. The molecule has 104 valence electrons. The van der Waals surface area contributed by atoms with E-state index in [0.717, 1.165) is 25.7 Å². The third-order valence-corrected chi connectivity index (χ3v) is 3.72. The fourth-order valence-electron chi connectivity index (χ4n) is 2.60. The van der Waals surface area contributed by atoms with Crippen LogP contribution >= 0.6 is 0 Å². The Morgan fingerprint density at radius 2 is 2.05 bits per heavy atom. The molecule has 0 aliphatic heterocycles. The summed E-state index contributed by atoms with van der Waals surface area (Å²) in [6, 6.07) is 6.33. The molecule has 1 fully saturated rings. The van der Waals surface area contributed by atoms with Gasteiger partial charge in [-0.15, -0.1) is 0 Å². The standard InChI is InChI=1S/C15H20FNO2/c16-13-3-1-2-12(8-13)9-15(19)17-14-6-4-11(10-18)5-7-14/h1-3,8,11,14,18H,4-7,9-10H2,(H,17,19). The fraction of sp³-hybridized carbons (Fsp3) is 0.533. The molecular weight excluding hydrogens is 245 g/mol. The topological polar surface area (TPSA) is 49.3 Å². The van der Waals surface area contributed by atoms with Crippen molar-refractivity contribution < 1.29 is 14.3 Å². The van der Waals surface area contributed by atoms with E-state index in [1.807, 2.05) is 0 Å². The molecule has 0 bridgehead atoms. The van der Waals surface area contributed by atoms with Gasteiger partial charge in [0.05, 0.1) is 6.42 Å². The van der Waals surface area contributed by atoms with Crippen molar-refractivity contribution >= 4 is 5.91 Å². The third kappa shape index (κ3) is 4.31. The zero-order valence-electron chi connectivity index (χ0n) is 10.9. The molecule has 1 aliphatic rings. The zero-order chi connectivity index (χ0) is 13.7. The van der Waals surface area contributed by atoms with Crippen LogP contribution in [0.4, 0.5) is 4.39 Å². The lowest BCUT2D eigenvalue weighted by Gasteiger charge is -2.27. The molecular formula is C15H20FNO2. The molecule has 0 radical (unpaired) electrons. The predicted octanol–water partition coefficient (Wildman–Crippen LogP) is 2.04. The van der Waals surface area contributed by atoms with Crippen molar-refractivity contribution in [1.29, 1.82) is 0 Å². The molecule has 1 amide bonds. The minimum Gasteiger partial charge on any atom is -0.396 e. The van der Waals surface area contributed by atoms with Crippen LogP contribution in [0.1, 0.15) is 31.2 Å². The van der Waals surface area contributed by atoms with Gasteiger partial charge in [-0.2, -0.15) is 0 Å². The molecule has 0 atom stereocenters. The van der Waals surface area contributed by atoms with Crippen molar-refractivity contribution in [3.05, 3.63) is 35.6 Å². The third-order valence-electron chi connectivity index (χ3n) is 3.72. The molecule has 19 heavy (non-hydrogen) atoms. The summed E-state index contributed by atoms with van der Waals surface area (Å²) in [5, 5.41) is 12.0. The summed E-state index contributed by atoms with van der Waals surface area (Å²) in [5.41, 5.74) is 0.696. The van der Waals surface area contributed by atoms with E-state index in [2.05, 4.69) is 5.32 Å². The molecule has 1 aliphatic carbocycles. The molecule has 2 rings (SSSR count). The quantitative estimate of drug-likeness (QED) is 0.875. The number of benzene rings is 1. The van der Waals surface area contributed by atoms with Crippen molar-refractivity contribution in [3.63, 3.8) is 0 Å². The summed E-state index contributed by atoms with van der Waals surface area (Å²) in [6.45, 7) is 0.240. The first kappa shape index (κ1) is 14.0. The average molecular weight is 265 g/mol. The van der Waals surface area contributed by atoms with Crippen molar-refractivity contribution in [3.8, 4) is 0 Å². The monoisotopic (exact) mass is 265 g/mol. The molecule has 1 aromatic rings. The summed E-state index contributed by atoms with van der Waals surface area (Å²) < 4.78 is 13.0. The van der Waals surface area contributed by atoms with E-state index in [1.54, 1.807) is 12.1 Å². The average Bonchev–Trinajstić information content (AvgIpc) is 2.39. The first-order valence-corrected chi connectivity index (χ1v) is 6.82. The van der Waals surface area contributed by atoms with Crippen LogP contribution in [0.2, 0.25) is 0 Å². The van der Waals surface area contributed by atoms with Crippen LogP contribution in [0.25, 0.3) is 0 Å². The number of nitrogens with one attached hydrogen (secondary N) is 1. The van der Waals surface area contributed by atoms with Crippen LogP contribution in [0.15, 0.2) is 24.3 Å². The summed E-state index contributed by atoms with van der Waals surface area (Å²) in [4.78, 5) is 11.9. The number of aliphatic hydroxyl groups is 1. The highest BCUT2D eigenvalue weighted by Gasteiger charge is 2.21. The fourth-order valence-corrected chi connectivity index (χ4v) is 2.60. The molecule has 0 saturated heterocycles. The van der Waals surface area contributed by atoms with Gasteiger partial charge in [0.1, 0.15) is 5.82 Å². The largest absolute Gasteiger partial charge is 0.396 e. The molecule has 2 N–H and O–H groups in total. The first-order chi connectivity index (χ1) is 9.17. The molecule has 3 nitrogen and oxygen atoms in total. The second kappa shape index (κ2) is 6.66. The minimum atomic E-state index is -0.311. The van der Waals surface area contributed by atoms with Gasteiger partial charge >= 0.3 is 0 Å². The molecule has 0 spiro atoms. The second-order valence-electron chi connectivity index (χ2n) is 5.27. The highest BCUT2D eigenvalue weighted by molar-refractivity contribution is 5.78. The zero-order valence-corrected chi connectivity index (χ0v) is 10.9. The maximum absolute atomic E-state index is 13.0. The summed E-state index contributed by atoms with van der Waals surface area (Å²) in [5.74, 6) is 0.0168. The van der Waals surface area contributed by atoms with Crippen LogP contribution in [0.3, 0.4) is 0 Å². The van der Waals surface area contributed by atoms with E-state index < -0.39 is 0 Å². The van der Waals surface area contributed by atoms with Crippen molar-refractivity contribution in [2.75, 3.05) is 6.61 Å². The number of carbonyl (C=O) groups excluding carboxylic acids is 1. The first-order valence-electron chi connectivity index (χ1n) is 6.82. The Morgan fingerprint density at radius 1 is 1.32 bits per heavy atom. The SMILES string of the molecule is O=C(Cc1cccc(F)c1)NC1CCC(CO)CC1. The van der Waals surface area contributed by atoms with Crippen molar-refractivity contribution in [2.45, 2.75) is 38.1 Å². The number of aliphatic hydroxyl groups excluding tert-OH is 1. The number of hydrogen-bond donors (Lipinski definition) is 2. The maximum Gasteiger partial charge on any atom is 0.224 e. The number of amides is 1. The molecule has 1 aromatic carbocycles. The lowest BCUT2D eigenvalue weighted by Crippen LogP contribution is -2.38. The highest BCUT2D eigenvalue weighted by Crippen LogP contribution is 2.23. The van der Waals surface area contributed by atoms with Crippen LogP contribution < -0.4 is 5.32 Å². The minimum absolute atomic E-state index is 0.0574. The van der Waals surface area contributed by atoms with E-state index >= 15 is 0 Å². The smallest absolute Gasteiger partial charge is 0.224 e. The molecule has 0 unspecified atom stereocenters. The Hall–Kier alpha value is -1.42.